The van der Waals surface area contributed by atoms with Gasteiger partial charge < -0.3 is 10.1 Å². The van der Waals surface area contributed by atoms with Crippen LogP contribution in [0.15, 0.2) is 36.4 Å². The molecule has 0 saturated heterocycles. The van der Waals surface area contributed by atoms with Crippen LogP contribution in [0.1, 0.15) is 29.9 Å². The average molecular weight is 411 g/mol. The lowest BCUT2D eigenvalue weighted by atomic mass is 10.2. The first-order chi connectivity index (χ1) is 12.9. The van der Waals surface area contributed by atoms with E-state index >= 15 is 0 Å². The summed E-state index contributed by atoms with van der Waals surface area (Å²) in [7, 11) is -1.63. The van der Waals surface area contributed by atoms with Gasteiger partial charge in [-0.1, -0.05) is 30.3 Å². The number of hydrogen-bond acceptors (Lipinski definition) is 5. The van der Waals surface area contributed by atoms with Crippen LogP contribution >= 0.6 is 11.3 Å². The second kappa shape index (κ2) is 9.87. The third-order valence-electron chi connectivity index (χ3n) is 4.04. The van der Waals surface area contributed by atoms with E-state index in [9.17, 15) is 13.2 Å². The standard InChI is InChI=1S/C19H26N2O4S2/c1-4-25-16-14-17(15-10-7-6-8-11-15)26-18(16)19(22)20-12-9-13-21(3)27(23,24)5-2/h6-8,10-11,14H,4-5,9,12-13H2,1-3H3,(H,20,22). The first kappa shape index (κ1) is 21.4. The lowest BCUT2D eigenvalue weighted by Gasteiger charge is -2.15. The van der Waals surface area contributed by atoms with Crippen molar-refractivity contribution in [2.24, 2.45) is 0 Å². The van der Waals surface area contributed by atoms with Crippen LogP contribution in [0.4, 0.5) is 0 Å². The van der Waals surface area contributed by atoms with Crippen molar-refractivity contribution in [2.75, 3.05) is 32.5 Å². The van der Waals surface area contributed by atoms with Crippen molar-refractivity contribution in [2.45, 2.75) is 20.3 Å². The lowest BCUT2D eigenvalue weighted by Crippen LogP contribution is -2.32. The second-order valence-electron chi connectivity index (χ2n) is 5.93. The minimum absolute atomic E-state index is 0.0744. The van der Waals surface area contributed by atoms with E-state index in [1.54, 1.807) is 14.0 Å². The smallest absolute Gasteiger partial charge is 0.265 e. The molecular weight excluding hydrogens is 384 g/mol. The zero-order chi connectivity index (χ0) is 19.9. The molecule has 2 aromatic rings. The van der Waals surface area contributed by atoms with E-state index in [4.69, 9.17) is 4.74 Å². The predicted octanol–water partition coefficient (Wildman–Crippen LogP) is 3.22. The summed E-state index contributed by atoms with van der Waals surface area (Å²) in [5.41, 5.74) is 1.04. The Labute approximate surface area is 165 Å². The van der Waals surface area contributed by atoms with Gasteiger partial charge in [-0.05, 0) is 31.9 Å². The summed E-state index contributed by atoms with van der Waals surface area (Å²) in [6.07, 6.45) is 0.544. The number of rotatable bonds is 10. The summed E-state index contributed by atoms with van der Waals surface area (Å²) in [5.74, 6) is 0.446. The highest BCUT2D eigenvalue weighted by molar-refractivity contribution is 7.89. The van der Waals surface area contributed by atoms with Crippen LogP contribution in [-0.4, -0.2) is 51.1 Å². The molecule has 0 fully saturated rings. The zero-order valence-corrected chi connectivity index (χ0v) is 17.5. The Hall–Kier alpha value is -1.90. The van der Waals surface area contributed by atoms with Crippen molar-refractivity contribution in [1.82, 2.24) is 9.62 Å². The molecule has 1 N–H and O–H groups in total. The first-order valence-corrected chi connectivity index (χ1v) is 11.4. The van der Waals surface area contributed by atoms with Crippen LogP contribution in [0.3, 0.4) is 0 Å². The minimum atomic E-state index is -3.19. The number of ether oxygens (including phenoxy) is 1. The fourth-order valence-corrected chi connectivity index (χ4v) is 4.35. The van der Waals surface area contributed by atoms with Gasteiger partial charge in [0.05, 0.1) is 12.4 Å². The molecule has 0 aliphatic carbocycles. The first-order valence-electron chi connectivity index (χ1n) is 8.93. The van der Waals surface area contributed by atoms with E-state index in [2.05, 4.69) is 5.32 Å². The molecule has 1 heterocycles. The van der Waals surface area contributed by atoms with Gasteiger partial charge in [0.1, 0.15) is 10.6 Å². The van der Waals surface area contributed by atoms with Gasteiger partial charge in [-0.25, -0.2) is 12.7 Å². The summed E-state index contributed by atoms with van der Waals surface area (Å²) in [5, 5.41) is 2.86. The van der Waals surface area contributed by atoms with Gasteiger partial charge in [0.2, 0.25) is 10.0 Å². The van der Waals surface area contributed by atoms with Crippen molar-refractivity contribution in [3.63, 3.8) is 0 Å². The maximum Gasteiger partial charge on any atom is 0.265 e. The normalized spacial score (nSPS) is 11.6. The van der Waals surface area contributed by atoms with Crippen LogP contribution in [-0.2, 0) is 10.0 Å². The van der Waals surface area contributed by atoms with Gasteiger partial charge >= 0.3 is 0 Å². The lowest BCUT2D eigenvalue weighted by molar-refractivity contribution is 0.0953. The Bertz CT molecular complexity index is 848. The molecule has 0 bridgehead atoms. The summed E-state index contributed by atoms with van der Waals surface area (Å²) in [6, 6.07) is 11.7. The Kier molecular flexibility index (Phi) is 7.82. The Morgan fingerprint density at radius 3 is 2.56 bits per heavy atom. The molecule has 0 atom stereocenters. The highest BCUT2D eigenvalue weighted by Crippen LogP contribution is 2.36. The molecular formula is C19H26N2O4S2. The van der Waals surface area contributed by atoms with E-state index in [0.29, 0.717) is 36.7 Å². The Balaban J connectivity index is 2.00. The van der Waals surface area contributed by atoms with Gasteiger partial charge in [0, 0.05) is 25.0 Å². The van der Waals surface area contributed by atoms with Crippen molar-refractivity contribution >= 4 is 27.3 Å². The van der Waals surface area contributed by atoms with E-state index in [1.807, 2.05) is 43.3 Å². The fraction of sp³-hybridized carbons (Fsp3) is 0.421. The largest absolute Gasteiger partial charge is 0.492 e. The van der Waals surface area contributed by atoms with E-state index in [1.165, 1.54) is 15.6 Å². The zero-order valence-electron chi connectivity index (χ0n) is 15.9. The van der Waals surface area contributed by atoms with Crippen LogP contribution < -0.4 is 10.1 Å². The molecule has 1 amide bonds. The molecule has 0 radical (unpaired) electrons. The van der Waals surface area contributed by atoms with Gasteiger partial charge in [-0.2, -0.15) is 0 Å². The highest BCUT2D eigenvalue weighted by Gasteiger charge is 2.19. The van der Waals surface area contributed by atoms with E-state index in [-0.39, 0.29) is 11.7 Å². The van der Waals surface area contributed by atoms with Gasteiger partial charge in [0.25, 0.3) is 5.91 Å². The third kappa shape index (κ3) is 5.79. The van der Waals surface area contributed by atoms with Crippen LogP contribution in [0.25, 0.3) is 10.4 Å². The molecule has 0 saturated carbocycles. The summed E-state index contributed by atoms with van der Waals surface area (Å²) < 4.78 is 30.4. The number of carbonyl (C=O) groups excluding carboxylic acids is 1. The number of thiophene rings is 1. The van der Waals surface area contributed by atoms with Gasteiger partial charge in [-0.15, -0.1) is 11.3 Å². The fourth-order valence-electron chi connectivity index (χ4n) is 2.48. The molecule has 6 nitrogen and oxygen atoms in total. The predicted molar refractivity (Wildman–Crippen MR) is 110 cm³/mol. The second-order valence-corrected chi connectivity index (χ2v) is 9.35. The van der Waals surface area contributed by atoms with Crippen molar-refractivity contribution in [1.29, 1.82) is 0 Å². The summed E-state index contributed by atoms with van der Waals surface area (Å²) in [4.78, 5) is 14.1. The van der Waals surface area contributed by atoms with Crippen LogP contribution in [0, 0.1) is 0 Å². The van der Waals surface area contributed by atoms with Crippen molar-refractivity contribution in [3.8, 4) is 16.2 Å². The van der Waals surface area contributed by atoms with Crippen molar-refractivity contribution in [3.05, 3.63) is 41.3 Å². The molecule has 1 aromatic heterocycles. The molecule has 0 aliphatic rings. The van der Waals surface area contributed by atoms with Gasteiger partial charge in [0.15, 0.2) is 0 Å². The molecule has 8 heteroatoms. The highest BCUT2D eigenvalue weighted by atomic mass is 32.2. The Morgan fingerprint density at radius 1 is 1.22 bits per heavy atom. The topological polar surface area (TPSA) is 75.7 Å². The number of benzene rings is 1. The maximum atomic E-state index is 12.6. The third-order valence-corrected chi connectivity index (χ3v) is 7.06. The number of hydrogen-bond donors (Lipinski definition) is 1. The molecule has 148 valence electrons. The summed E-state index contributed by atoms with van der Waals surface area (Å²) >= 11 is 1.39. The number of nitrogens with one attached hydrogen (secondary N) is 1. The minimum Gasteiger partial charge on any atom is -0.492 e. The van der Waals surface area contributed by atoms with Gasteiger partial charge in [-0.3, -0.25) is 4.79 Å². The van der Waals surface area contributed by atoms with Crippen LogP contribution in [0.5, 0.6) is 5.75 Å². The van der Waals surface area contributed by atoms with E-state index < -0.39 is 10.0 Å². The van der Waals surface area contributed by atoms with E-state index in [0.717, 1.165) is 10.4 Å². The maximum absolute atomic E-state index is 12.6. The Morgan fingerprint density at radius 2 is 1.93 bits per heavy atom. The SMILES string of the molecule is CCOc1cc(-c2ccccc2)sc1C(=O)NCCCN(C)S(=O)(=O)CC. The quantitative estimate of drug-likeness (QED) is 0.610. The molecule has 27 heavy (non-hydrogen) atoms. The number of sulfonamides is 1. The van der Waals surface area contributed by atoms with Crippen molar-refractivity contribution < 1.29 is 17.9 Å². The molecule has 2 rings (SSSR count). The summed E-state index contributed by atoms with van der Waals surface area (Å²) in [6.45, 7) is 4.74. The molecule has 0 aliphatic heterocycles. The molecule has 0 spiro atoms. The molecule has 1 aromatic carbocycles. The number of nitrogens with zero attached hydrogens (tertiary/aromatic N) is 1. The molecule has 0 unspecified atom stereocenters. The monoisotopic (exact) mass is 410 g/mol. The van der Waals surface area contributed by atoms with Crippen LogP contribution in [0.2, 0.25) is 0 Å². The number of amides is 1. The average Bonchev–Trinajstić information content (AvgIpc) is 3.10. The number of carbonyl (C=O) groups is 1.